The van der Waals surface area contributed by atoms with E-state index in [9.17, 15) is 4.79 Å². The average molecular weight is 321 g/mol. The van der Waals surface area contributed by atoms with Gasteiger partial charge in [0.2, 0.25) is 0 Å². The van der Waals surface area contributed by atoms with E-state index in [0.717, 1.165) is 38.1 Å². The maximum atomic E-state index is 13.3. The van der Waals surface area contributed by atoms with Crippen molar-refractivity contribution in [3.63, 3.8) is 0 Å². The van der Waals surface area contributed by atoms with Crippen LogP contribution in [0.15, 0.2) is 71.7 Å². The Hall–Kier alpha value is -3.53. The number of nitrogens with zero attached hydrogens (tertiary/aromatic N) is 3. The highest BCUT2D eigenvalue weighted by molar-refractivity contribution is 6.23. The van der Waals surface area contributed by atoms with Crippen LogP contribution in [0.2, 0.25) is 0 Å². The molecule has 3 aromatic carbocycles. The molecule has 4 heteroatoms. The van der Waals surface area contributed by atoms with Crippen LogP contribution >= 0.6 is 0 Å². The number of imidazole rings is 1. The van der Waals surface area contributed by atoms with Crippen LogP contribution in [-0.2, 0) is 0 Å². The highest BCUT2D eigenvalue weighted by Crippen LogP contribution is 2.33. The SMILES string of the molecule is O=c1c2cc3cccnc3c3cccc(c23)c2nc3ccccc3n12. The molecule has 3 heterocycles. The van der Waals surface area contributed by atoms with Gasteiger partial charge in [-0.2, -0.15) is 0 Å². The Kier molecular flexibility index (Phi) is 2.21. The summed E-state index contributed by atoms with van der Waals surface area (Å²) in [4.78, 5) is 22.6. The highest BCUT2D eigenvalue weighted by atomic mass is 16.1. The van der Waals surface area contributed by atoms with Crippen molar-refractivity contribution >= 4 is 49.1 Å². The third-order valence-electron chi connectivity index (χ3n) is 4.96. The van der Waals surface area contributed by atoms with Gasteiger partial charge in [-0.1, -0.05) is 36.4 Å². The topological polar surface area (TPSA) is 47.3 Å². The molecule has 0 N–H and O–H groups in total. The summed E-state index contributed by atoms with van der Waals surface area (Å²) >= 11 is 0. The number of fused-ring (bicyclic) bond motifs is 6. The summed E-state index contributed by atoms with van der Waals surface area (Å²) in [6.45, 7) is 0. The van der Waals surface area contributed by atoms with Gasteiger partial charge < -0.3 is 0 Å². The zero-order valence-corrected chi connectivity index (χ0v) is 13.1. The molecule has 0 atom stereocenters. The average Bonchev–Trinajstić information content (AvgIpc) is 3.05. The zero-order valence-electron chi connectivity index (χ0n) is 13.1. The predicted octanol–water partition coefficient (Wildman–Crippen LogP) is 4.14. The fraction of sp³-hybridized carbons (Fsp3) is 0. The molecule has 0 bridgehead atoms. The van der Waals surface area contributed by atoms with Crippen LogP contribution in [-0.4, -0.2) is 14.4 Å². The van der Waals surface area contributed by atoms with Gasteiger partial charge >= 0.3 is 0 Å². The van der Waals surface area contributed by atoms with Crippen LogP contribution < -0.4 is 5.56 Å². The van der Waals surface area contributed by atoms with Crippen molar-refractivity contribution in [2.45, 2.75) is 0 Å². The van der Waals surface area contributed by atoms with Crippen LogP contribution in [0.1, 0.15) is 0 Å². The molecule has 0 aliphatic heterocycles. The van der Waals surface area contributed by atoms with Gasteiger partial charge in [0, 0.05) is 33.1 Å². The molecule has 4 nitrogen and oxygen atoms in total. The zero-order chi connectivity index (χ0) is 16.5. The van der Waals surface area contributed by atoms with E-state index in [1.165, 1.54) is 0 Å². The van der Waals surface area contributed by atoms with E-state index in [4.69, 9.17) is 4.98 Å². The Morgan fingerprint density at radius 3 is 2.68 bits per heavy atom. The summed E-state index contributed by atoms with van der Waals surface area (Å²) in [6, 6.07) is 19.7. The number of para-hydroxylation sites is 2. The van der Waals surface area contributed by atoms with E-state index < -0.39 is 0 Å². The van der Waals surface area contributed by atoms with E-state index in [0.29, 0.717) is 11.0 Å². The normalized spacial score (nSPS) is 12.2. The number of hydrogen-bond acceptors (Lipinski definition) is 3. The van der Waals surface area contributed by atoms with Crippen molar-refractivity contribution in [2.75, 3.05) is 0 Å². The van der Waals surface area contributed by atoms with Gasteiger partial charge in [-0.15, -0.1) is 0 Å². The first kappa shape index (κ1) is 12.8. The Balaban J connectivity index is 2.06. The molecule has 25 heavy (non-hydrogen) atoms. The summed E-state index contributed by atoms with van der Waals surface area (Å²) in [5, 5.41) is 4.61. The summed E-state index contributed by atoms with van der Waals surface area (Å²) in [7, 11) is 0. The first-order chi connectivity index (χ1) is 12.3. The van der Waals surface area contributed by atoms with Crippen LogP contribution in [0, 0.1) is 0 Å². The quantitative estimate of drug-likeness (QED) is 0.312. The van der Waals surface area contributed by atoms with Gasteiger partial charge in [-0.3, -0.25) is 14.2 Å². The minimum absolute atomic E-state index is 0.0295. The molecule has 0 aliphatic rings. The lowest BCUT2D eigenvalue weighted by molar-refractivity contribution is 1.19. The van der Waals surface area contributed by atoms with E-state index >= 15 is 0 Å². The van der Waals surface area contributed by atoms with Crippen molar-refractivity contribution in [3.8, 4) is 0 Å². The van der Waals surface area contributed by atoms with Crippen LogP contribution in [0.4, 0.5) is 0 Å². The molecule has 0 spiro atoms. The number of rotatable bonds is 0. The summed E-state index contributed by atoms with van der Waals surface area (Å²) in [5.41, 5.74) is 3.27. The number of hydrogen-bond donors (Lipinski definition) is 0. The molecule has 3 aromatic heterocycles. The molecule has 0 saturated heterocycles. The molecular weight excluding hydrogens is 310 g/mol. The Labute approximate surface area is 141 Å². The predicted molar refractivity (Wildman–Crippen MR) is 100 cm³/mol. The Morgan fingerprint density at radius 2 is 1.72 bits per heavy atom. The molecule has 0 amide bonds. The first-order valence-corrected chi connectivity index (χ1v) is 8.16. The molecular formula is C21H11N3O. The van der Waals surface area contributed by atoms with Crippen molar-refractivity contribution in [1.29, 1.82) is 0 Å². The van der Waals surface area contributed by atoms with Crippen molar-refractivity contribution in [1.82, 2.24) is 14.4 Å². The number of aromatic nitrogens is 3. The molecule has 0 radical (unpaired) electrons. The van der Waals surface area contributed by atoms with Gasteiger partial charge in [0.25, 0.3) is 5.56 Å². The largest absolute Gasteiger partial charge is 0.268 e. The molecule has 6 aromatic rings. The standard InChI is InChI=1S/C21H11N3O/c25-21-15-11-12-5-4-10-22-19(12)13-6-3-7-14(18(13)15)20-23-16-8-1-2-9-17(16)24(20)21/h1-11H. The molecule has 0 aliphatic carbocycles. The lowest BCUT2D eigenvalue weighted by Gasteiger charge is -2.09. The van der Waals surface area contributed by atoms with Crippen LogP contribution in [0.25, 0.3) is 49.1 Å². The molecule has 0 fully saturated rings. The van der Waals surface area contributed by atoms with E-state index in [1.807, 2.05) is 60.7 Å². The van der Waals surface area contributed by atoms with Crippen molar-refractivity contribution < 1.29 is 0 Å². The minimum atomic E-state index is -0.0295. The van der Waals surface area contributed by atoms with Crippen molar-refractivity contribution in [2.24, 2.45) is 0 Å². The molecule has 0 unspecified atom stereocenters. The van der Waals surface area contributed by atoms with Gasteiger partial charge in [0.1, 0.15) is 5.65 Å². The summed E-state index contributed by atoms with van der Waals surface area (Å²) in [6.07, 6.45) is 1.79. The number of pyridine rings is 2. The van der Waals surface area contributed by atoms with E-state index in [1.54, 1.807) is 10.6 Å². The van der Waals surface area contributed by atoms with E-state index in [2.05, 4.69) is 4.98 Å². The second-order valence-electron chi connectivity index (χ2n) is 6.29. The lowest BCUT2D eigenvalue weighted by Crippen LogP contribution is -2.13. The first-order valence-electron chi connectivity index (χ1n) is 8.16. The summed E-state index contributed by atoms with van der Waals surface area (Å²) < 4.78 is 1.73. The van der Waals surface area contributed by atoms with Crippen LogP contribution in [0.5, 0.6) is 0 Å². The maximum absolute atomic E-state index is 13.3. The molecule has 0 saturated carbocycles. The second kappa shape index (κ2) is 4.30. The minimum Gasteiger partial charge on any atom is -0.268 e. The third kappa shape index (κ3) is 1.49. The maximum Gasteiger partial charge on any atom is 0.264 e. The second-order valence-corrected chi connectivity index (χ2v) is 6.29. The molecule has 6 rings (SSSR count). The van der Waals surface area contributed by atoms with Gasteiger partial charge in [0.15, 0.2) is 0 Å². The number of benzene rings is 3. The fourth-order valence-electron chi connectivity index (χ4n) is 3.91. The van der Waals surface area contributed by atoms with Gasteiger partial charge in [0.05, 0.1) is 16.6 Å². The highest BCUT2D eigenvalue weighted by Gasteiger charge is 2.17. The van der Waals surface area contributed by atoms with Gasteiger partial charge in [-0.05, 0) is 24.3 Å². The van der Waals surface area contributed by atoms with Crippen LogP contribution in [0.3, 0.4) is 0 Å². The lowest BCUT2D eigenvalue weighted by atomic mass is 9.99. The Morgan fingerprint density at radius 1 is 0.840 bits per heavy atom. The smallest absolute Gasteiger partial charge is 0.264 e. The Bertz CT molecular complexity index is 1510. The van der Waals surface area contributed by atoms with E-state index in [-0.39, 0.29) is 5.56 Å². The van der Waals surface area contributed by atoms with Gasteiger partial charge in [-0.25, -0.2) is 4.98 Å². The van der Waals surface area contributed by atoms with Crippen molar-refractivity contribution in [3.05, 3.63) is 77.2 Å². The monoisotopic (exact) mass is 321 g/mol. The fourth-order valence-corrected chi connectivity index (χ4v) is 3.91. The molecule has 116 valence electrons. The summed E-state index contributed by atoms with van der Waals surface area (Å²) in [5.74, 6) is 0. The third-order valence-corrected chi connectivity index (χ3v) is 4.96.